The quantitative estimate of drug-likeness (QED) is 0.393. The molecule has 1 aromatic heterocycles. The van der Waals surface area contributed by atoms with Crippen LogP contribution in [0, 0.1) is 13.8 Å². The van der Waals surface area contributed by atoms with Crippen LogP contribution in [0.25, 0.3) is 5.69 Å². The van der Waals surface area contributed by atoms with Crippen LogP contribution >= 0.6 is 11.8 Å². The van der Waals surface area contributed by atoms with Crippen LogP contribution in [0.4, 0.5) is 5.69 Å². The lowest BCUT2D eigenvalue weighted by atomic mass is 10.0. The van der Waals surface area contributed by atoms with Crippen molar-refractivity contribution in [3.63, 3.8) is 0 Å². The molecule has 4 aromatic rings. The monoisotopic (exact) mass is 540 g/mol. The van der Waals surface area contributed by atoms with E-state index >= 15 is 0 Å². The highest BCUT2D eigenvalue weighted by Gasteiger charge is 2.40. The molecular weight excluding hydrogens is 512 g/mol. The molecule has 1 N–H and O–H groups in total. The lowest BCUT2D eigenvalue weighted by Crippen LogP contribution is -2.44. The predicted molar refractivity (Wildman–Crippen MR) is 150 cm³/mol. The number of anilines is 1. The number of nitrogens with zero attached hydrogens (tertiary/aromatic N) is 3. The zero-order valence-corrected chi connectivity index (χ0v) is 22.5. The molecule has 2 aliphatic heterocycles. The highest BCUT2D eigenvalue weighted by atomic mass is 32.2. The van der Waals surface area contributed by atoms with Gasteiger partial charge in [-0.15, -0.1) is 0 Å². The molecule has 1 unspecified atom stereocenters. The zero-order valence-electron chi connectivity index (χ0n) is 21.7. The van der Waals surface area contributed by atoms with Crippen molar-refractivity contribution in [1.29, 1.82) is 0 Å². The van der Waals surface area contributed by atoms with Crippen molar-refractivity contribution < 1.29 is 19.1 Å². The number of rotatable bonds is 5. The fraction of sp³-hybridized carbons (Fsp3) is 0.233. The normalized spacial score (nSPS) is 16.4. The summed E-state index contributed by atoms with van der Waals surface area (Å²) < 4.78 is 13.3. The molecule has 8 nitrogen and oxygen atoms in total. The van der Waals surface area contributed by atoms with Gasteiger partial charge in [-0.3, -0.25) is 14.5 Å². The molecule has 3 aromatic carbocycles. The van der Waals surface area contributed by atoms with Gasteiger partial charge in [0.25, 0.3) is 0 Å². The first-order chi connectivity index (χ1) is 19.0. The first-order valence-corrected chi connectivity index (χ1v) is 13.8. The van der Waals surface area contributed by atoms with E-state index in [9.17, 15) is 9.59 Å². The molecule has 0 bridgehead atoms. The summed E-state index contributed by atoms with van der Waals surface area (Å²) in [6.45, 7) is 5.14. The Morgan fingerprint density at radius 3 is 2.49 bits per heavy atom. The number of carbonyl (C=O) groups excluding carboxylic acids is 2. The fourth-order valence-electron chi connectivity index (χ4n) is 4.90. The third-order valence-corrected chi connectivity index (χ3v) is 7.89. The number of nitrogens with one attached hydrogen (secondary N) is 1. The molecule has 0 fully saturated rings. The van der Waals surface area contributed by atoms with E-state index in [0.29, 0.717) is 48.2 Å². The smallest absolute Gasteiger partial charge is 0.248 e. The maximum absolute atomic E-state index is 14.1. The SMILES string of the molecule is Cc1ccc(CNC(=O)C2c3c(C)nn(-c4ccccc4)c3SCC(=O)N2c2ccc3c(c2)OCCO3)cc1. The Balaban J connectivity index is 1.45. The van der Waals surface area contributed by atoms with Gasteiger partial charge in [0.15, 0.2) is 11.5 Å². The molecule has 3 heterocycles. The topological polar surface area (TPSA) is 85.7 Å². The van der Waals surface area contributed by atoms with Crippen LogP contribution in [0.3, 0.4) is 0 Å². The Labute approximate surface area is 230 Å². The van der Waals surface area contributed by atoms with E-state index in [1.165, 1.54) is 11.8 Å². The molecule has 1 atom stereocenters. The minimum Gasteiger partial charge on any atom is -0.486 e. The summed E-state index contributed by atoms with van der Waals surface area (Å²) in [6.07, 6.45) is 0. The van der Waals surface area contributed by atoms with Crippen molar-refractivity contribution in [3.05, 3.63) is 95.2 Å². The number of ether oxygens (including phenoxy) is 2. The highest BCUT2D eigenvalue weighted by molar-refractivity contribution is 8.00. The lowest BCUT2D eigenvalue weighted by molar-refractivity contribution is -0.126. The maximum atomic E-state index is 14.1. The van der Waals surface area contributed by atoms with E-state index in [2.05, 4.69) is 5.32 Å². The Morgan fingerprint density at radius 2 is 1.72 bits per heavy atom. The molecule has 0 radical (unpaired) electrons. The van der Waals surface area contributed by atoms with Crippen molar-refractivity contribution in [2.45, 2.75) is 31.5 Å². The Bertz CT molecular complexity index is 1530. The summed E-state index contributed by atoms with van der Waals surface area (Å²) in [5, 5.41) is 8.68. The van der Waals surface area contributed by atoms with Gasteiger partial charge >= 0.3 is 0 Å². The van der Waals surface area contributed by atoms with Gasteiger partial charge in [0, 0.05) is 23.9 Å². The number of carbonyl (C=O) groups is 2. The molecule has 0 spiro atoms. The second-order valence-corrected chi connectivity index (χ2v) is 10.5. The Hall–Kier alpha value is -4.24. The molecule has 0 saturated carbocycles. The molecule has 198 valence electrons. The molecule has 2 amide bonds. The third-order valence-electron chi connectivity index (χ3n) is 6.84. The number of aryl methyl sites for hydroxylation is 2. The van der Waals surface area contributed by atoms with Gasteiger partial charge in [0.2, 0.25) is 11.8 Å². The van der Waals surface area contributed by atoms with E-state index in [4.69, 9.17) is 14.6 Å². The standard InChI is InChI=1S/C30H28N4O4S/c1-19-8-10-21(11-9-19)17-31-29(36)28-27-20(2)32-34(22-6-4-3-5-7-22)30(27)39-18-26(35)33(28)23-12-13-24-25(16-23)38-15-14-37-24/h3-13,16,28H,14-15,17-18H2,1-2H3,(H,31,36). The van der Waals surface area contributed by atoms with E-state index in [1.807, 2.05) is 73.1 Å². The van der Waals surface area contributed by atoms with Gasteiger partial charge in [0.05, 0.1) is 17.1 Å². The van der Waals surface area contributed by atoms with Crippen LogP contribution in [0.1, 0.15) is 28.4 Å². The van der Waals surface area contributed by atoms with E-state index in [-0.39, 0.29) is 17.6 Å². The highest BCUT2D eigenvalue weighted by Crippen LogP contribution is 2.43. The average molecular weight is 541 g/mol. The number of fused-ring (bicyclic) bond motifs is 2. The second-order valence-electron chi connectivity index (χ2n) is 9.54. The van der Waals surface area contributed by atoms with Crippen molar-refractivity contribution in [3.8, 4) is 17.2 Å². The summed E-state index contributed by atoms with van der Waals surface area (Å²) in [4.78, 5) is 29.4. The van der Waals surface area contributed by atoms with Crippen LogP contribution in [-0.2, 0) is 16.1 Å². The summed E-state index contributed by atoms with van der Waals surface area (Å²) in [5.74, 6) is 0.872. The van der Waals surface area contributed by atoms with Gasteiger partial charge < -0.3 is 14.8 Å². The first-order valence-electron chi connectivity index (χ1n) is 12.8. The third kappa shape index (κ3) is 4.85. The van der Waals surface area contributed by atoms with Gasteiger partial charge in [-0.05, 0) is 43.7 Å². The van der Waals surface area contributed by atoms with Crippen LogP contribution in [-0.4, -0.2) is 40.6 Å². The van der Waals surface area contributed by atoms with Crippen molar-refractivity contribution in [2.75, 3.05) is 23.9 Å². The number of aromatic nitrogens is 2. The van der Waals surface area contributed by atoms with E-state index < -0.39 is 6.04 Å². The van der Waals surface area contributed by atoms with Gasteiger partial charge in [-0.25, -0.2) is 4.68 Å². The predicted octanol–water partition coefficient (Wildman–Crippen LogP) is 4.76. The van der Waals surface area contributed by atoms with Crippen molar-refractivity contribution >= 4 is 29.3 Å². The van der Waals surface area contributed by atoms with Crippen LogP contribution in [0.15, 0.2) is 77.8 Å². The maximum Gasteiger partial charge on any atom is 0.248 e. The number of hydrogen-bond donors (Lipinski definition) is 1. The second kappa shape index (κ2) is 10.5. The largest absolute Gasteiger partial charge is 0.486 e. The summed E-state index contributed by atoms with van der Waals surface area (Å²) >= 11 is 1.40. The number of para-hydroxylation sites is 1. The number of amides is 2. The Morgan fingerprint density at radius 1 is 0.974 bits per heavy atom. The lowest BCUT2D eigenvalue weighted by Gasteiger charge is -2.30. The molecule has 0 saturated heterocycles. The summed E-state index contributed by atoms with van der Waals surface area (Å²) in [5.41, 5.74) is 4.97. The minimum absolute atomic E-state index is 0.154. The fourth-order valence-corrected chi connectivity index (χ4v) is 5.99. The molecule has 6 rings (SSSR count). The van der Waals surface area contributed by atoms with Gasteiger partial charge in [-0.2, -0.15) is 5.10 Å². The Kier molecular flexibility index (Phi) is 6.74. The van der Waals surface area contributed by atoms with Gasteiger partial charge in [-0.1, -0.05) is 59.8 Å². The number of thioether (sulfide) groups is 1. The molecule has 2 aliphatic rings. The summed E-state index contributed by atoms with van der Waals surface area (Å²) in [6, 6.07) is 22.2. The summed E-state index contributed by atoms with van der Waals surface area (Å²) in [7, 11) is 0. The van der Waals surface area contributed by atoms with Crippen LogP contribution in [0.5, 0.6) is 11.5 Å². The minimum atomic E-state index is -0.923. The van der Waals surface area contributed by atoms with Crippen LogP contribution in [0.2, 0.25) is 0 Å². The van der Waals surface area contributed by atoms with Gasteiger partial charge in [0.1, 0.15) is 24.3 Å². The first kappa shape index (κ1) is 25.1. The molecule has 9 heteroatoms. The molecule has 0 aliphatic carbocycles. The molecular formula is C30H28N4O4S. The van der Waals surface area contributed by atoms with E-state index in [1.54, 1.807) is 23.1 Å². The van der Waals surface area contributed by atoms with Crippen molar-refractivity contribution in [2.24, 2.45) is 0 Å². The number of hydrogen-bond acceptors (Lipinski definition) is 6. The zero-order chi connectivity index (χ0) is 26.9. The molecule has 39 heavy (non-hydrogen) atoms. The number of benzene rings is 3. The average Bonchev–Trinajstić information content (AvgIpc) is 3.20. The van der Waals surface area contributed by atoms with Crippen LogP contribution < -0.4 is 19.7 Å². The van der Waals surface area contributed by atoms with Crippen molar-refractivity contribution in [1.82, 2.24) is 15.1 Å². The van der Waals surface area contributed by atoms with E-state index in [0.717, 1.165) is 21.8 Å².